The molecule has 0 aromatic heterocycles. The monoisotopic (exact) mass is 375 g/mol. The van der Waals surface area contributed by atoms with E-state index in [1.165, 1.54) is 18.2 Å². The molecule has 1 fully saturated rings. The first-order chi connectivity index (χ1) is 11.3. The number of hydrogen-bond donors (Lipinski definition) is 2. The van der Waals surface area contributed by atoms with Gasteiger partial charge in [0.2, 0.25) is 10.0 Å². The van der Waals surface area contributed by atoms with E-state index in [4.69, 9.17) is 26.2 Å². The zero-order valence-corrected chi connectivity index (χ0v) is 14.3. The highest BCUT2D eigenvalue weighted by Gasteiger charge is 2.28. The number of carboxylic acids is 1. The van der Waals surface area contributed by atoms with Crippen molar-refractivity contribution in [1.82, 2.24) is 4.72 Å². The molecule has 0 saturated carbocycles. The van der Waals surface area contributed by atoms with Crippen LogP contribution in [0.1, 0.15) is 12.8 Å². The number of aliphatic carboxylic acids is 1. The van der Waals surface area contributed by atoms with E-state index in [-0.39, 0.29) is 21.8 Å². The van der Waals surface area contributed by atoms with Crippen LogP contribution in [-0.4, -0.2) is 44.9 Å². The van der Waals surface area contributed by atoms with E-state index in [9.17, 15) is 13.2 Å². The molecule has 1 aromatic rings. The summed E-state index contributed by atoms with van der Waals surface area (Å²) >= 11 is 5.97. The highest BCUT2D eigenvalue weighted by Crippen LogP contribution is 2.28. The van der Waals surface area contributed by atoms with Crippen LogP contribution < -0.4 is 9.46 Å². The Bertz CT molecular complexity index is 721. The summed E-state index contributed by atoms with van der Waals surface area (Å²) in [5.41, 5.74) is 0. The molecule has 1 saturated heterocycles. The standard InChI is InChI=1S/C15H18ClNO6S/c1-2-13-12(4-3-7-22-13)17-24(20,21)10-5-6-14(11(16)8-10)23-9-15(18)19/h2,5-6,8,12-13,17H,1,3-4,7,9H2,(H,18,19)/t12-,13+/m1/s1. The maximum absolute atomic E-state index is 12.5. The van der Waals surface area contributed by atoms with Crippen molar-refractivity contribution in [3.8, 4) is 5.75 Å². The maximum atomic E-state index is 12.5. The number of benzene rings is 1. The van der Waals surface area contributed by atoms with Crippen molar-refractivity contribution in [1.29, 1.82) is 0 Å². The number of carbonyl (C=O) groups is 1. The van der Waals surface area contributed by atoms with Crippen LogP contribution in [0.4, 0.5) is 0 Å². The Labute approximate surface area is 145 Å². The third kappa shape index (κ3) is 4.70. The van der Waals surface area contributed by atoms with Crippen molar-refractivity contribution in [3.05, 3.63) is 35.9 Å². The first kappa shape index (κ1) is 18.7. The van der Waals surface area contributed by atoms with Crippen LogP contribution in [0.3, 0.4) is 0 Å². The van der Waals surface area contributed by atoms with Crippen molar-refractivity contribution in [2.45, 2.75) is 29.9 Å². The largest absolute Gasteiger partial charge is 0.480 e. The van der Waals surface area contributed by atoms with Crippen LogP contribution in [0.15, 0.2) is 35.7 Å². The predicted molar refractivity (Wildman–Crippen MR) is 87.9 cm³/mol. The van der Waals surface area contributed by atoms with Gasteiger partial charge in [0.15, 0.2) is 6.61 Å². The zero-order chi connectivity index (χ0) is 17.7. The van der Waals surface area contributed by atoms with Gasteiger partial charge in [0, 0.05) is 6.61 Å². The van der Waals surface area contributed by atoms with E-state index in [0.717, 1.165) is 6.42 Å². The Morgan fingerprint density at radius 1 is 1.54 bits per heavy atom. The quantitative estimate of drug-likeness (QED) is 0.705. The lowest BCUT2D eigenvalue weighted by atomic mass is 10.0. The van der Waals surface area contributed by atoms with Gasteiger partial charge in [0.05, 0.1) is 22.1 Å². The minimum atomic E-state index is -3.81. The lowest BCUT2D eigenvalue weighted by Crippen LogP contribution is -2.46. The third-order valence-corrected chi connectivity index (χ3v) is 5.25. The smallest absolute Gasteiger partial charge is 0.341 e. The molecule has 0 bridgehead atoms. The molecule has 0 amide bonds. The van der Waals surface area contributed by atoms with Gasteiger partial charge in [0.1, 0.15) is 5.75 Å². The fourth-order valence-electron chi connectivity index (χ4n) is 2.33. The van der Waals surface area contributed by atoms with Crippen molar-refractivity contribution >= 4 is 27.6 Å². The van der Waals surface area contributed by atoms with E-state index in [0.29, 0.717) is 13.0 Å². The lowest BCUT2D eigenvalue weighted by molar-refractivity contribution is -0.139. The molecular formula is C15H18ClNO6S. The molecule has 2 N–H and O–H groups in total. The number of hydrogen-bond acceptors (Lipinski definition) is 5. The SMILES string of the molecule is C=C[C@@H]1OCCC[C@H]1NS(=O)(=O)c1ccc(OCC(=O)O)c(Cl)c1. The molecule has 1 aliphatic heterocycles. The Morgan fingerprint density at radius 2 is 2.29 bits per heavy atom. The van der Waals surface area contributed by atoms with Crippen LogP contribution in [0.25, 0.3) is 0 Å². The topological polar surface area (TPSA) is 102 Å². The second-order valence-corrected chi connectivity index (χ2v) is 7.34. The number of rotatable bonds is 7. The van der Waals surface area contributed by atoms with Crippen molar-refractivity contribution < 1.29 is 27.8 Å². The van der Waals surface area contributed by atoms with Crippen molar-refractivity contribution in [2.75, 3.05) is 13.2 Å². The third-order valence-electron chi connectivity index (χ3n) is 3.47. The maximum Gasteiger partial charge on any atom is 0.341 e. The number of nitrogens with one attached hydrogen (secondary N) is 1. The van der Waals surface area contributed by atoms with Crippen molar-refractivity contribution in [3.63, 3.8) is 0 Å². The van der Waals surface area contributed by atoms with Crippen LogP contribution in [0.2, 0.25) is 5.02 Å². The number of sulfonamides is 1. The minimum absolute atomic E-state index is 0.0132. The second kappa shape index (κ2) is 7.98. The first-order valence-electron chi connectivity index (χ1n) is 7.24. The molecule has 2 atom stereocenters. The molecule has 1 heterocycles. The average Bonchev–Trinajstić information content (AvgIpc) is 2.53. The molecule has 0 radical (unpaired) electrons. The molecule has 2 rings (SSSR count). The summed E-state index contributed by atoms with van der Waals surface area (Å²) in [4.78, 5) is 10.5. The first-order valence-corrected chi connectivity index (χ1v) is 9.10. The predicted octanol–water partition coefficient (Wildman–Crippen LogP) is 1.82. The van der Waals surface area contributed by atoms with Crippen LogP contribution in [0.5, 0.6) is 5.75 Å². The molecule has 7 nitrogen and oxygen atoms in total. The fraction of sp³-hybridized carbons (Fsp3) is 0.400. The lowest BCUT2D eigenvalue weighted by Gasteiger charge is -2.30. The van der Waals surface area contributed by atoms with Crippen LogP contribution in [-0.2, 0) is 19.6 Å². The van der Waals surface area contributed by atoms with Gasteiger partial charge < -0.3 is 14.6 Å². The number of ether oxygens (including phenoxy) is 2. The molecule has 1 aliphatic rings. The van der Waals surface area contributed by atoms with E-state index in [1.807, 2.05) is 0 Å². The summed E-state index contributed by atoms with van der Waals surface area (Å²) in [5, 5.41) is 8.60. The van der Waals surface area contributed by atoms with Crippen LogP contribution >= 0.6 is 11.6 Å². The Kier molecular flexibility index (Phi) is 6.22. The summed E-state index contributed by atoms with van der Waals surface area (Å²) in [6.45, 7) is 3.65. The molecule has 0 aliphatic carbocycles. The van der Waals surface area contributed by atoms with Gasteiger partial charge in [-0.1, -0.05) is 17.7 Å². The number of halogens is 1. The highest BCUT2D eigenvalue weighted by molar-refractivity contribution is 7.89. The molecule has 0 unspecified atom stereocenters. The average molecular weight is 376 g/mol. The van der Waals surface area contributed by atoms with Gasteiger partial charge >= 0.3 is 5.97 Å². The van der Waals surface area contributed by atoms with Gasteiger partial charge in [-0.3, -0.25) is 0 Å². The summed E-state index contributed by atoms with van der Waals surface area (Å²) in [7, 11) is -3.81. The molecule has 9 heteroatoms. The van der Waals surface area contributed by atoms with Gasteiger partial charge in [-0.2, -0.15) is 0 Å². The van der Waals surface area contributed by atoms with Gasteiger partial charge in [-0.25, -0.2) is 17.9 Å². The Hall–Kier alpha value is -1.61. The van der Waals surface area contributed by atoms with Crippen molar-refractivity contribution in [2.24, 2.45) is 0 Å². The minimum Gasteiger partial charge on any atom is -0.480 e. The van der Waals surface area contributed by atoms with Gasteiger partial charge in [-0.15, -0.1) is 6.58 Å². The summed E-state index contributed by atoms with van der Waals surface area (Å²) in [6.07, 6.45) is 2.58. The Morgan fingerprint density at radius 3 is 2.92 bits per heavy atom. The highest BCUT2D eigenvalue weighted by atomic mass is 35.5. The Balaban J connectivity index is 2.15. The zero-order valence-electron chi connectivity index (χ0n) is 12.8. The number of carboxylic acid groups (broad SMARTS) is 1. The second-order valence-electron chi connectivity index (χ2n) is 5.22. The van der Waals surface area contributed by atoms with Gasteiger partial charge in [0.25, 0.3) is 0 Å². The van der Waals surface area contributed by atoms with E-state index < -0.39 is 28.6 Å². The van der Waals surface area contributed by atoms with E-state index in [2.05, 4.69) is 11.3 Å². The van der Waals surface area contributed by atoms with E-state index >= 15 is 0 Å². The fourth-order valence-corrected chi connectivity index (χ4v) is 3.94. The summed E-state index contributed by atoms with van der Waals surface area (Å²) in [5.74, 6) is -1.06. The summed E-state index contributed by atoms with van der Waals surface area (Å²) < 4.78 is 38.0. The molecule has 0 spiro atoms. The molecule has 132 valence electrons. The van der Waals surface area contributed by atoms with E-state index in [1.54, 1.807) is 6.08 Å². The molecular weight excluding hydrogens is 358 g/mol. The molecule has 1 aromatic carbocycles. The summed E-state index contributed by atoms with van der Waals surface area (Å²) in [6, 6.07) is 3.44. The van der Waals surface area contributed by atoms with Gasteiger partial charge in [-0.05, 0) is 31.0 Å². The normalized spacial score (nSPS) is 21.2. The van der Waals surface area contributed by atoms with Crippen LogP contribution in [0, 0.1) is 0 Å². The molecule has 24 heavy (non-hydrogen) atoms.